The Morgan fingerprint density at radius 3 is 2.75 bits per heavy atom. The molecule has 0 radical (unpaired) electrons. The van der Waals surface area contributed by atoms with Gasteiger partial charge in [0.05, 0.1) is 11.3 Å². The zero-order valence-corrected chi connectivity index (χ0v) is 12.4. The van der Waals surface area contributed by atoms with Crippen molar-refractivity contribution in [1.82, 2.24) is 0 Å². The summed E-state index contributed by atoms with van der Waals surface area (Å²) in [6, 6.07) is 12.4. The summed E-state index contributed by atoms with van der Waals surface area (Å²) in [7, 11) is 0. The van der Waals surface area contributed by atoms with Gasteiger partial charge < -0.3 is 11.1 Å². The lowest BCUT2D eigenvalue weighted by Crippen LogP contribution is -2.13. The van der Waals surface area contributed by atoms with Gasteiger partial charge in [-0.2, -0.15) is 5.26 Å². The van der Waals surface area contributed by atoms with E-state index in [1.807, 2.05) is 13.0 Å². The van der Waals surface area contributed by atoms with Crippen molar-refractivity contribution < 1.29 is 4.79 Å². The summed E-state index contributed by atoms with van der Waals surface area (Å²) in [6.07, 6.45) is 0. The summed E-state index contributed by atoms with van der Waals surface area (Å²) < 4.78 is 0.729. The Hall–Kier alpha value is -2.32. The monoisotopic (exact) mass is 329 g/mol. The van der Waals surface area contributed by atoms with Gasteiger partial charge >= 0.3 is 0 Å². The summed E-state index contributed by atoms with van der Waals surface area (Å²) in [5.41, 5.74) is 8.41. The summed E-state index contributed by atoms with van der Waals surface area (Å²) in [6.45, 7) is 1.82. The Morgan fingerprint density at radius 2 is 2.10 bits per heavy atom. The van der Waals surface area contributed by atoms with Gasteiger partial charge in [-0.1, -0.05) is 28.1 Å². The minimum Gasteiger partial charge on any atom is -0.399 e. The molecule has 0 atom stereocenters. The largest absolute Gasteiger partial charge is 0.399 e. The molecule has 0 aliphatic rings. The number of nitriles is 1. The van der Waals surface area contributed by atoms with Crippen molar-refractivity contribution in [2.75, 3.05) is 11.1 Å². The van der Waals surface area contributed by atoms with Gasteiger partial charge in [0.25, 0.3) is 5.91 Å². The zero-order valence-electron chi connectivity index (χ0n) is 10.8. The quantitative estimate of drug-likeness (QED) is 0.828. The molecule has 3 N–H and O–H groups in total. The third kappa shape index (κ3) is 2.98. The van der Waals surface area contributed by atoms with E-state index in [0.717, 1.165) is 10.0 Å². The van der Waals surface area contributed by atoms with Crippen LogP contribution < -0.4 is 11.1 Å². The highest BCUT2D eigenvalue weighted by Crippen LogP contribution is 2.21. The van der Waals surface area contributed by atoms with Crippen LogP contribution >= 0.6 is 15.9 Å². The number of hydrogen-bond acceptors (Lipinski definition) is 3. The van der Waals surface area contributed by atoms with E-state index < -0.39 is 0 Å². The lowest BCUT2D eigenvalue weighted by atomic mass is 10.1. The summed E-state index contributed by atoms with van der Waals surface area (Å²) in [5.74, 6) is -0.305. The number of nitrogens with zero attached hydrogens (tertiary/aromatic N) is 1. The van der Waals surface area contributed by atoms with Gasteiger partial charge in [0.15, 0.2) is 0 Å². The van der Waals surface area contributed by atoms with E-state index in [1.54, 1.807) is 30.3 Å². The number of amides is 1. The van der Waals surface area contributed by atoms with E-state index in [-0.39, 0.29) is 5.91 Å². The molecule has 2 aromatic carbocycles. The average molecular weight is 330 g/mol. The van der Waals surface area contributed by atoms with Gasteiger partial charge in [-0.15, -0.1) is 0 Å². The molecule has 0 saturated heterocycles. The second-order valence-electron chi connectivity index (χ2n) is 4.34. The van der Waals surface area contributed by atoms with Gasteiger partial charge in [0.2, 0.25) is 0 Å². The first kappa shape index (κ1) is 14.1. The Balaban J connectivity index is 2.33. The van der Waals surface area contributed by atoms with E-state index >= 15 is 0 Å². The molecule has 0 aromatic heterocycles. The topological polar surface area (TPSA) is 78.9 Å². The second kappa shape index (κ2) is 5.76. The molecule has 0 fully saturated rings. The van der Waals surface area contributed by atoms with Crippen LogP contribution in [0.3, 0.4) is 0 Å². The minimum absolute atomic E-state index is 0.305. The number of carbonyl (C=O) groups excluding carboxylic acids is 1. The van der Waals surface area contributed by atoms with Crippen LogP contribution in [-0.2, 0) is 0 Å². The summed E-state index contributed by atoms with van der Waals surface area (Å²) in [4.78, 5) is 12.2. The van der Waals surface area contributed by atoms with Crippen molar-refractivity contribution in [2.45, 2.75) is 6.92 Å². The van der Waals surface area contributed by atoms with Crippen LogP contribution in [0.15, 0.2) is 40.9 Å². The fourth-order valence-electron chi connectivity index (χ4n) is 1.86. The summed E-state index contributed by atoms with van der Waals surface area (Å²) >= 11 is 3.29. The van der Waals surface area contributed by atoms with Crippen molar-refractivity contribution in [3.05, 3.63) is 57.6 Å². The predicted octanol–water partition coefficient (Wildman–Crippen LogP) is 3.46. The standard InChI is InChI=1S/C15H12BrN3O/c1-9-3-2-4-14(13(9)8-17)19-15(20)10-5-11(16)7-12(18)6-10/h2-7H,18H2,1H3,(H,19,20). The van der Waals surface area contributed by atoms with Crippen LogP contribution in [0.1, 0.15) is 21.5 Å². The first-order chi connectivity index (χ1) is 9.51. The maximum Gasteiger partial charge on any atom is 0.255 e. The molecule has 0 bridgehead atoms. The van der Waals surface area contributed by atoms with Gasteiger partial charge in [-0.05, 0) is 36.8 Å². The number of benzene rings is 2. The third-order valence-corrected chi connectivity index (χ3v) is 3.27. The van der Waals surface area contributed by atoms with Gasteiger partial charge in [-0.25, -0.2) is 0 Å². The first-order valence-electron chi connectivity index (χ1n) is 5.88. The van der Waals surface area contributed by atoms with E-state index in [0.29, 0.717) is 22.5 Å². The molecule has 1 amide bonds. The zero-order chi connectivity index (χ0) is 14.7. The van der Waals surface area contributed by atoms with Crippen molar-refractivity contribution in [3.63, 3.8) is 0 Å². The number of nitrogens with one attached hydrogen (secondary N) is 1. The van der Waals surface area contributed by atoms with Gasteiger partial charge in [0.1, 0.15) is 6.07 Å². The molecular weight excluding hydrogens is 318 g/mol. The average Bonchev–Trinajstić information content (AvgIpc) is 2.37. The molecule has 5 heteroatoms. The number of halogens is 1. The fourth-order valence-corrected chi connectivity index (χ4v) is 2.37. The Bertz CT molecular complexity index is 699. The second-order valence-corrected chi connectivity index (χ2v) is 5.25. The molecule has 4 nitrogen and oxygen atoms in total. The van der Waals surface area contributed by atoms with Gasteiger partial charge in [-0.3, -0.25) is 4.79 Å². The fraction of sp³-hybridized carbons (Fsp3) is 0.0667. The molecule has 0 aliphatic carbocycles. The summed E-state index contributed by atoms with van der Waals surface area (Å²) in [5, 5.41) is 11.9. The highest BCUT2D eigenvalue weighted by molar-refractivity contribution is 9.10. The predicted molar refractivity (Wildman–Crippen MR) is 82.4 cm³/mol. The minimum atomic E-state index is -0.305. The highest BCUT2D eigenvalue weighted by atomic mass is 79.9. The van der Waals surface area contributed by atoms with Gasteiger partial charge in [0, 0.05) is 15.7 Å². The molecule has 0 spiro atoms. The van der Waals surface area contributed by atoms with Crippen LogP contribution in [-0.4, -0.2) is 5.91 Å². The number of nitrogens with two attached hydrogens (primary N) is 1. The smallest absolute Gasteiger partial charge is 0.255 e. The van der Waals surface area contributed by atoms with Crippen LogP contribution in [0.4, 0.5) is 11.4 Å². The van der Waals surface area contributed by atoms with Crippen LogP contribution in [0.25, 0.3) is 0 Å². The molecular formula is C15H12BrN3O. The lowest BCUT2D eigenvalue weighted by Gasteiger charge is -2.09. The number of carbonyl (C=O) groups is 1. The lowest BCUT2D eigenvalue weighted by molar-refractivity contribution is 0.102. The van der Waals surface area contributed by atoms with E-state index in [9.17, 15) is 4.79 Å². The number of aryl methyl sites for hydroxylation is 1. The Kier molecular flexibility index (Phi) is 4.06. The van der Waals surface area contributed by atoms with Crippen LogP contribution in [0.5, 0.6) is 0 Å². The maximum absolute atomic E-state index is 12.2. The molecule has 0 unspecified atom stereocenters. The highest BCUT2D eigenvalue weighted by Gasteiger charge is 2.11. The Morgan fingerprint density at radius 1 is 1.35 bits per heavy atom. The number of nitrogen functional groups attached to an aromatic ring is 1. The normalized spacial score (nSPS) is 9.85. The molecule has 0 saturated carbocycles. The first-order valence-corrected chi connectivity index (χ1v) is 6.67. The van der Waals surface area contributed by atoms with E-state index in [2.05, 4.69) is 27.3 Å². The SMILES string of the molecule is Cc1cccc(NC(=O)c2cc(N)cc(Br)c2)c1C#N. The van der Waals surface area contributed by atoms with Crippen LogP contribution in [0.2, 0.25) is 0 Å². The molecule has 100 valence electrons. The molecule has 20 heavy (non-hydrogen) atoms. The molecule has 0 aliphatic heterocycles. The number of hydrogen-bond donors (Lipinski definition) is 2. The van der Waals surface area contributed by atoms with E-state index in [4.69, 9.17) is 11.0 Å². The van der Waals surface area contributed by atoms with Crippen molar-refractivity contribution in [1.29, 1.82) is 5.26 Å². The van der Waals surface area contributed by atoms with Crippen molar-refractivity contribution in [2.24, 2.45) is 0 Å². The molecule has 2 rings (SSSR count). The van der Waals surface area contributed by atoms with E-state index in [1.165, 1.54) is 0 Å². The number of anilines is 2. The number of rotatable bonds is 2. The molecule has 0 heterocycles. The Labute approximate surface area is 125 Å². The maximum atomic E-state index is 12.2. The third-order valence-electron chi connectivity index (χ3n) is 2.82. The molecule has 2 aromatic rings. The van der Waals surface area contributed by atoms with Crippen LogP contribution in [0, 0.1) is 18.3 Å². The van der Waals surface area contributed by atoms with Crippen molar-refractivity contribution in [3.8, 4) is 6.07 Å². The van der Waals surface area contributed by atoms with Crippen molar-refractivity contribution >= 4 is 33.2 Å².